The van der Waals surface area contributed by atoms with Gasteiger partial charge in [-0.2, -0.15) is 4.98 Å². The van der Waals surface area contributed by atoms with Gasteiger partial charge in [-0.1, -0.05) is 42.4 Å². The second-order valence-corrected chi connectivity index (χ2v) is 5.40. The minimum atomic E-state index is -0.341. The van der Waals surface area contributed by atoms with Crippen LogP contribution in [0, 0.1) is 6.92 Å². The van der Waals surface area contributed by atoms with E-state index in [-0.39, 0.29) is 12.5 Å². The van der Waals surface area contributed by atoms with Crippen LogP contribution in [0.3, 0.4) is 0 Å². The topological polar surface area (TPSA) is 90.1 Å². The molecule has 0 unspecified atom stereocenters. The molecule has 128 valence electrons. The molecule has 0 spiro atoms. The predicted molar refractivity (Wildman–Crippen MR) is 92.2 cm³/mol. The van der Waals surface area contributed by atoms with Crippen molar-refractivity contribution in [1.82, 2.24) is 15.1 Å². The molecule has 1 aromatic carbocycles. The monoisotopic (exact) mass is 338 g/mol. The second kappa shape index (κ2) is 7.57. The van der Waals surface area contributed by atoms with Crippen LogP contribution in [0.1, 0.15) is 18.4 Å². The van der Waals surface area contributed by atoms with Crippen molar-refractivity contribution in [2.24, 2.45) is 0 Å². The van der Waals surface area contributed by atoms with E-state index < -0.39 is 0 Å². The Bertz CT molecular complexity index is 862. The average molecular weight is 338 g/mol. The molecule has 0 atom stereocenters. The lowest BCUT2D eigenvalue weighted by Crippen LogP contribution is -2.20. The number of aromatic nitrogens is 3. The van der Waals surface area contributed by atoms with Crippen molar-refractivity contribution in [3.05, 3.63) is 53.9 Å². The Kier molecular flexibility index (Phi) is 5.03. The summed E-state index contributed by atoms with van der Waals surface area (Å²) in [7, 11) is 0. The van der Waals surface area contributed by atoms with Gasteiger partial charge in [-0.25, -0.2) is 4.98 Å². The van der Waals surface area contributed by atoms with Crippen LogP contribution in [0.25, 0.3) is 11.4 Å². The lowest BCUT2D eigenvalue weighted by atomic mass is 10.2. The number of anilines is 1. The summed E-state index contributed by atoms with van der Waals surface area (Å²) in [4.78, 5) is 20.8. The summed E-state index contributed by atoms with van der Waals surface area (Å²) in [6.45, 7) is 3.57. The highest BCUT2D eigenvalue weighted by Crippen LogP contribution is 2.19. The Labute approximate surface area is 145 Å². The zero-order valence-electron chi connectivity index (χ0n) is 14.0. The number of aryl methyl sites for hydroxylation is 2. The summed E-state index contributed by atoms with van der Waals surface area (Å²) in [6, 6.07) is 13.0. The number of carbonyl (C=O) groups excluding carboxylic acids is 1. The Morgan fingerprint density at radius 3 is 2.68 bits per heavy atom. The van der Waals surface area contributed by atoms with Gasteiger partial charge in [0.25, 0.3) is 5.91 Å². The largest absolute Gasteiger partial charge is 0.467 e. The number of hydrogen-bond acceptors (Lipinski definition) is 6. The summed E-state index contributed by atoms with van der Waals surface area (Å²) in [6.07, 6.45) is 0.739. The van der Waals surface area contributed by atoms with Crippen molar-refractivity contribution in [3.8, 4) is 17.3 Å². The number of hydrogen-bond donors (Lipinski definition) is 1. The first-order valence-electron chi connectivity index (χ1n) is 7.93. The molecule has 0 bridgehead atoms. The summed E-state index contributed by atoms with van der Waals surface area (Å²) in [5.41, 5.74) is 1.74. The molecule has 2 aromatic heterocycles. The van der Waals surface area contributed by atoms with E-state index in [0.717, 1.165) is 17.7 Å². The summed E-state index contributed by atoms with van der Waals surface area (Å²) in [5, 5.41) is 6.30. The van der Waals surface area contributed by atoms with Crippen LogP contribution in [-0.4, -0.2) is 27.6 Å². The molecular formula is C18H18N4O3. The Morgan fingerprint density at radius 2 is 2.00 bits per heavy atom. The first-order valence-corrected chi connectivity index (χ1v) is 7.93. The number of ether oxygens (including phenoxy) is 1. The minimum absolute atomic E-state index is 0.180. The van der Waals surface area contributed by atoms with Crippen molar-refractivity contribution in [3.63, 3.8) is 0 Å². The highest BCUT2D eigenvalue weighted by Gasteiger charge is 2.10. The lowest BCUT2D eigenvalue weighted by Gasteiger charge is -2.09. The van der Waals surface area contributed by atoms with Gasteiger partial charge in [0.05, 0.1) is 0 Å². The Morgan fingerprint density at radius 1 is 1.20 bits per heavy atom. The molecule has 1 N–H and O–H groups in total. The maximum atomic E-state index is 11.9. The van der Waals surface area contributed by atoms with Crippen molar-refractivity contribution in [2.75, 3.05) is 11.9 Å². The van der Waals surface area contributed by atoms with Crippen molar-refractivity contribution in [1.29, 1.82) is 0 Å². The summed E-state index contributed by atoms with van der Waals surface area (Å²) < 4.78 is 10.4. The van der Waals surface area contributed by atoms with Crippen LogP contribution in [0.5, 0.6) is 5.88 Å². The molecular weight excluding hydrogens is 320 g/mol. The van der Waals surface area contributed by atoms with Crippen LogP contribution < -0.4 is 10.1 Å². The van der Waals surface area contributed by atoms with Crippen molar-refractivity contribution in [2.45, 2.75) is 20.3 Å². The van der Waals surface area contributed by atoms with E-state index in [1.807, 2.05) is 37.3 Å². The van der Waals surface area contributed by atoms with Gasteiger partial charge < -0.3 is 14.6 Å². The van der Waals surface area contributed by atoms with Gasteiger partial charge in [-0.3, -0.25) is 4.79 Å². The molecule has 0 aliphatic heterocycles. The molecule has 0 aliphatic rings. The van der Waals surface area contributed by atoms with E-state index in [1.54, 1.807) is 19.1 Å². The second-order valence-electron chi connectivity index (χ2n) is 5.40. The molecule has 25 heavy (non-hydrogen) atoms. The third-order valence-electron chi connectivity index (χ3n) is 3.40. The SMILES string of the molecule is CCc1cc(OCC(=O)Nc2cc(C)on2)nc(-c2ccccc2)n1. The zero-order valence-corrected chi connectivity index (χ0v) is 14.0. The third kappa shape index (κ3) is 4.41. The molecule has 3 aromatic rings. The van der Waals surface area contributed by atoms with Gasteiger partial charge >= 0.3 is 0 Å². The van der Waals surface area contributed by atoms with E-state index >= 15 is 0 Å². The average Bonchev–Trinajstić information content (AvgIpc) is 3.05. The summed E-state index contributed by atoms with van der Waals surface area (Å²) >= 11 is 0. The molecule has 7 nitrogen and oxygen atoms in total. The number of amides is 1. The number of nitrogens with zero attached hydrogens (tertiary/aromatic N) is 3. The Balaban J connectivity index is 1.70. The third-order valence-corrected chi connectivity index (χ3v) is 3.40. The quantitative estimate of drug-likeness (QED) is 0.743. The first kappa shape index (κ1) is 16.6. The standard InChI is InChI=1S/C18H18N4O3/c1-3-14-10-17(21-18(19-14)13-7-5-4-6-8-13)24-11-16(23)20-15-9-12(2)25-22-15/h4-10H,3,11H2,1-2H3,(H,20,22,23). The highest BCUT2D eigenvalue weighted by molar-refractivity contribution is 5.90. The van der Waals surface area contributed by atoms with Gasteiger partial charge in [0.15, 0.2) is 18.2 Å². The first-order chi connectivity index (χ1) is 12.1. The normalized spacial score (nSPS) is 10.5. The maximum Gasteiger partial charge on any atom is 0.263 e. The Hall–Kier alpha value is -3.22. The fourth-order valence-electron chi connectivity index (χ4n) is 2.19. The van der Waals surface area contributed by atoms with E-state index in [2.05, 4.69) is 20.4 Å². The number of carbonyl (C=O) groups is 1. The molecule has 0 saturated carbocycles. The van der Waals surface area contributed by atoms with E-state index in [4.69, 9.17) is 9.26 Å². The molecule has 1 amide bonds. The fourth-order valence-corrected chi connectivity index (χ4v) is 2.19. The van der Waals surface area contributed by atoms with Crippen molar-refractivity contribution >= 4 is 11.7 Å². The number of rotatable bonds is 6. The van der Waals surface area contributed by atoms with Crippen molar-refractivity contribution < 1.29 is 14.1 Å². The minimum Gasteiger partial charge on any atom is -0.467 e. The van der Waals surface area contributed by atoms with Gasteiger partial charge in [0.2, 0.25) is 5.88 Å². The molecule has 0 saturated heterocycles. The number of nitrogens with one attached hydrogen (secondary N) is 1. The van der Waals surface area contributed by atoms with E-state index in [1.165, 1.54) is 0 Å². The molecule has 0 radical (unpaired) electrons. The predicted octanol–water partition coefficient (Wildman–Crippen LogP) is 3.02. The van der Waals surface area contributed by atoms with Gasteiger partial charge in [-0.15, -0.1) is 0 Å². The van der Waals surface area contributed by atoms with Crippen LogP contribution in [0.4, 0.5) is 5.82 Å². The lowest BCUT2D eigenvalue weighted by molar-refractivity contribution is -0.118. The van der Waals surface area contributed by atoms with Crippen LogP contribution >= 0.6 is 0 Å². The van der Waals surface area contributed by atoms with Crippen LogP contribution in [-0.2, 0) is 11.2 Å². The van der Waals surface area contributed by atoms with Gasteiger partial charge in [0, 0.05) is 23.4 Å². The van der Waals surface area contributed by atoms with Gasteiger partial charge in [0.1, 0.15) is 5.76 Å². The summed E-state index contributed by atoms with van der Waals surface area (Å²) in [5.74, 6) is 1.56. The molecule has 7 heteroatoms. The maximum absolute atomic E-state index is 11.9. The van der Waals surface area contributed by atoms with Crippen LogP contribution in [0.15, 0.2) is 47.0 Å². The van der Waals surface area contributed by atoms with E-state index in [9.17, 15) is 4.79 Å². The molecule has 0 fully saturated rings. The molecule has 0 aliphatic carbocycles. The molecule has 3 rings (SSSR count). The number of benzene rings is 1. The zero-order chi connectivity index (χ0) is 17.6. The fraction of sp³-hybridized carbons (Fsp3) is 0.222. The molecule has 2 heterocycles. The smallest absolute Gasteiger partial charge is 0.263 e. The highest BCUT2D eigenvalue weighted by atomic mass is 16.5. The van der Waals surface area contributed by atoms with Crippen LogP contribution in [0.2, 0.25) is 0 Å². The van der Waals surface area contributed by atoms with E-state index in [0.29, 0.717) is 23.3 Å². The van der Waals surface area contributed by atoms with Gasteiger partial charge in [-0.05, 0) is 13.3 Å².